The topological polar surface area (TPSA) is 73.1 Å². The number of carbonyl (C=O) groups is 1. The third-order valence-corrected chi connectivity index (χ3v) is 6.90. The van der Waals surface area contributed by atoms with Gasteiger partial charge >= 0.3 is 0 Å². The van der Waals surface area contributed by atoms with Gasteiger partial charge in [0.15, 0.2) is 0 Å². The third-order valence-electron chi connectivity index (χ3n) is 5.10. The number of hydrogen-bond donors (Lipinski definition) is 0. The number of nitrogens with zero attached hydrogens (tertiary/aromatic N) is 3. The van der Waals surface area contributed by atoms with Crippen LogP contribution >= 0.6 is 35.6 Å². The van der Waals surface area contributed by atoms with E-state index in [0.29, 0.717) is 51.8 Å². The number of thiocarbonyl (C=S) groups is 1. The lowest BCUT2D eigenvalue weighted by atomic mass is 10.2. The highest BCUT2D eigenvalue weighted by Gasteiger charge is 2.32. The van der Waals surface area contributed by atoms with E-state index in [-0.39, 0.29) is 22.9 Å². The molecule has 0 atom stereocenters. The fourth-order valence-corrected chi connectivity index (χ4v) is 4.78. The molecule has 3 aromatic rings. The van der Waals surface area contributed by atoms with Crippen LogP contribution in [-0.4, -0.2) is 44.3 Å². The molecule has 7 nitrogen and oxygen atoms in total. The van der Waals surface area contributed by atoms with Crippen LogP contribution in [0.5, 0.6) is 11.6 Å². The number of carbonyl (C=O) groups excluding carboxylic acids is 1. The molecule has 0 N–H and O–H groups in total. The summed E-state index contributed by atoms with van der Waals surface area (Å²) in [4.78, 5) is 32.8. The van der Waals surface area contributed by atoms with Crippen LogP contribution in [0.4, 0.5) is 0 Å². The third kappa shape index (κ3) is 5.17. The minimum Gasteiger partial charge on any atom is -0.438 e. The Morgan fingerprint density at radius 1 is 1.24 bits per heavy atom. The maximum Gasteiger partial charge on any atom is 0.269 e. The van der Waals surface area contributed by atoms with E-state index < -0.39 is 0 Å². The zero-order chi connectivity index (χ0) is 24.2. The number of thioether (sulfide) groups is 1. The summed E-state index contributed by atoms with van der Waals surface area (Å²) in [5.41, 5.74) is 1.05. The number of rotatable bonds is 8. The van der Waals surface area contributed by atoms with Gasteiger partial charge in [0.05, 0.1) is 4.91 Å². The summed E-state index contributed by atoms with van der Waals surface area (Å²) in [5, 5.41) is 0.604. The van der Waals surface area contributed by atoms with E-state index in [1.807, 2.05) is 13.8 Å². The van der Waals surface area contributed by atoms with Crippen molar-refractivity contribution >= 4 is 57.5 Å². The largest absolute Gasteiger partial charge is 0.438 e. The molecule has 0 spiro atoms. The Balaban J connectivity index is 1.73. The van der Waals surface area contributed by atoms with Gasteiger partial charge in [-0.1, -0.05) is 41.6 Å². The summed E-state index contributed by atoms with van der Waals surface area (Å²) in [6.45, 7) is 5.39. The molecule has 4 rings (SSSR count). The van der Waals surface area contributed by atoms with Gasteiger partial charge in [0.2, 0.25) is 5.88 Å². The van der Waals surface area contributed by atoms with Crippen molar-refractivity contribution in [3.05, 3.63) is 74.0 Å². The molecule has 1 fully saturated rings. The molecule has 1 amide bonds. The quantitative estimate of drug-likeness (QED) is 0.235. The number of amides is 1. The summed E-state index contributed by atoms with van der Waals surface area (Å²) in [5.74, 6) is 0.323. The molecule has 2 aromatic heterocycles. The van der Waals surface area contributed by atoms with E-state index >= 15 is 0 Å². The van der Waals surface area contributed by atoms with Crippen LogP contribution in [0.3, 0.4) is 0 Å². The molecular weight excluding hydrogens is 494 g/mol. The van der Waals surface area contributed by atoms with E-state index in [2.05, 4.69) is 4.98 Å². The van der Waals surface area contributed by atoms with Crippen molar-refractivity contribution in [2.45, 2.75) is 20.3 Å². The van der Waals surface area contributed by atoms with Gasteiger partial charge in [-0.2, -0.15) is 4.98 Å². The monoisotopic (exact) mass is 515 g/mol. The first-order valence-electron chi connectivity index (χ1n) is 10.7. The number of pyridine rings is 1. The van der Waals surface area contributed by atoms with Crippen LogP contribution in [0.2, 0.25) is 5.02 Å². The highest BCUT2D eigenvalue weighted by molar-refractivity contribution is 8.26. The Morgan fingerprint density at radius 3 is 2.82 bits per heavy atom. The molecule has 10 heteroatoms. The predicted octanol–water partition coefficient (Wildman–Crippen LogP) is 5.08. The Bertz CT molecular complexity index is 1360. The molecule has 176 valence electrons. The molecule has 1 aliphatic heterocycles. The Kier molecular flexibility index (Phi) is 7.67. The number of hydrogen-bond acceptors (Lipinski definition) is 7. The van der Waals surface area contributed by atoms with Crippen molar-refractivity contribution in [3.63, 3.8) is 0 Å². The molecule has 1 aliphatic rings. The first kappa shape index (κ1) is 24.4. The van der Waals surface area contributed by atoms with Gasteiger partial charge in [0, 0.05) is 31.0 Å². The Morgan fingerprint density at radius 2 is 2.06 bits per heavy atom. The average molecular weight is 516 g/mol. The van der Waals surface area contributed by atoms with Crippen LogP contribution in [0.15, 0.2) is 52.3 Å². The normalized spacial score (nSPS) is 15.0. The number of aryl methyl sites for hydroxylation is 1. The van der Waals surface area contributed by atoms with Crippen molar-refractivity contribution in [2.75, 3.05) is 19.8 Å². The fourth-order valence-electron chi connectivity index (χ4n) is 3.37. The Hall–Kier alpha value is -2.72. The SMILES string of the molecule is CCOCCCN1C(=O)/C(=C\c2c(Oc3ccc(Cl)c(C)c3)nc3ccccn3c2=O)SC1=S. The lowest BCUT2D eigenvalue weighted by Crippen LogP contribution is -2.29. The molecule has 0 saturated carbocycles. The molecule has 0 bridgehead atoms. The summed E-state index contributed by atoms with van der Waals surface area (Å²) in [6.07, 6.45) is 3.80. The first-order valence-corrected chi connectivity index (χ1v) is 12.3. The smallest absolute Gasteiger partial charge is 0.269 e. The zero-order valence-corrected chi connectivity index (χ0v) is 21.0. The summed E-state index contributed by atoms with van der Waals surface area (Å²) >= 11 is 12.7. The minimum atomic E-state index is -0.354. The minimum absolute atomic E-state index is 0.0968. The average Bonchev–Trinajstić information content (AvgIpc) is 3.09. The molecular formula is C24H22ClN3O4S2. The zero-order valence-electron chi connectivity index (χ0n) is 18.6. The van der Waals surface area contributed by atoms with Crippen molar-refractivity contribution in [1.82, 2.24) is 14.3 Å². The van der Waals surface area contributed by atoms with E-state index in [4.69, 9.17) is 33.3 Å². The summed E-state index contributed by atoms with van der Waals surface area (Å²) < 4.78 is 13.2. The van der Waals surface area contributed by atoms with Crippen LogP contribution in [0, 0.1) is 6.92 Å². The predicted molar refractivity (Wildman–Crippen MR) is 139 cm³/mol. The van der Waals surface area contributed by atoms with Gasteiger partial charge in [-0.25, -0.2) is 0 Å². The number of aromatic nitrogens is 2. The van der Waals surface area contributed by atoms with Crippen molar-refractivity contribution < 1.29 is 14.3 Å². The molecule has 3 heterocycles. The number of ether oxygens (including phenoxy) is 2. The van der Waals surface area contributed by atoms with Crippen molar-refractivity contribution in [3.8, 4) is 11.6 Å². The molecule has 0 unspecified atom stereocenters. The van der Waals surface area contributed by atoms with E-state index in [0.717, 1.165) is 17.3 Å². The van der Waals surface area contributed by atoms with Crippen LogP contribution in [0.1, 0.15) is 24.5 Å². The van der Waals surface area contributed by atoms with Crippen molar-refractivity contribution in [1.29, 1.82) is 0 Å². The molecule has 1 aromatic carbocycles. The maximum absolute atomic E-state index is 13.4. The second kappa shape index (κ2) is 10.7. The van der Waals surface area contributed by atoms with Crippen LogP contribution < -0.4 is 10.3 Å². The maximum atomic E-state index is 13.4. The van der Waals surface area contributed by atoms with Crippen molar-refractivity contribution in [2.24, 2.45) is 0 Å². The van der Waals surface area contributed by atoms with Gasteiger partial charge in [0.1, 0.15) is 21.3 Å². The second-order valence-corrected chi connectivity index (χ2v) is 9.54. The second-order valence-electron chi connectivity index (χ2n) is 7.46. The van der Waals surface area contributed by atoms with Gasteiger partial charge in [-0.05, 0) is 62.2 Å². The summed E-state index contributed by atoms with van der Waals surface area (Å²) in [7, 11) is 0. The first-order chi connectivity index (χ1) is 16.4. The number of halogens is 1. The fraction of sp³-hybridized carbons (Fsp3) is 0.250. The lowest BCUT2D eigenvalue weighted by Gasteiger charge is -2.14. The summed E-state index contributed by atoms with van der Waals surface area (Å²) in [6, 6.07) is 10.4. The van der Waals surface area contributed by atoms with Gasteiger partial charge < -0.3 is 9.47 Å². The van der Waals surface area contributed by atoms with Gasteiger partial charge in [-0.15, -0.1) is 0 Å². The lowest BCUT2D eigenvalue weighted by molar-refractivity contribution is -0.122. The van der Waals surface area contributed by atoms with E-state index in [1.165, 1.54) is 15.4 Å². The van der Waals surface area contributed by atoms with E-state index in [1.54, 1.807) is 42.6 Å². The van der Waals surface area contributed by atoms with Crippen LogP contribution in [-0.2, 0) is 9.53 Å². The Labute approximate surface area is 211 Å². The number of fused-ring (bicyclic) bond motifs is 1. The molecule has 0 aliphatic carbocycles. The number of benzene rings is 1. The highest BCUT2D eigenvalue weighted by atomic mass is 35.5. The highest BCUT2D eigenvalue weighted by Crippen LogP contribution is 2.34. The molecule has 34 heavy (non-hydrogen) atoms. The molecule has 0 radical (unpaired) electrons. The molecule has 1 saturated heterocycles. The standard InChI is InChI=1S/C24H22ClN3O4S2/c1-3-31-12-6-11-28-23(30)19(34-24(28)33)14-17-21(32-16-8-9-18(25)15(2)13-16)26-20-7-4-5-10-27(20)22(17)29/h4-5,7-10,13-14H,3,6,11-12H2,1-2H3/b19-14+. The van der Waals surface area contributed by atoms with E-state index in [9.17, 15) is 9.59 Å². The van der Waals surface area contributed by atoms with Crippen LogP contribution in [0.25, 0.3) is 11.7 Å². The van der Waals surface area contributed by atoms with Gasteiger partial charge in [0.25, 0.3) is 11.5 Å². The van der Waals surface area contributed by atoms with Gasteiger partial charge in [-0.3, -0.25) is 18.9 Å².